The fraction of sp³-hybridized carbons (Fsp3) is 0.360. The van der Waals surface area contributed by atoms with Gasteiger partial charge in [-0.2, -0.15) is 0 Å². The molecule has 0 saturated carbocycles. The van der Waals surface area contributed by atoms with Crippen LogP contribution in [0.15, 0.2) is 48.2 Å². The van der Waals surface area contributed by atoms with E-state index in [0.717, 1.165) is 5.69 Å². The van der Waals surface area contributed by atoms with Crippen LogP contribution in [-0.4, -0.2) is 51.2 Å². The predicted octanol–water partition coefficient (Wildman–Crippen LogP) is 4.06. The molecule has 2 aromatic carbocycles. The molecule has 0 aliphatic carbocycles. The van der Waals surface area contributed by atoms with E-state index in [9.17, 15) is 9.59 Å². The highest BCUT2D eigenvalue weighted by molar-refractivity contribution is 6.36. The molecule has 1 heterocycles. The number of hydrogen-bond acceptors (Lipinski definition) is 6. The van der Waals surface area contributed by atoms with E-state index in [2.05, 4.69) is 19.2 Å². The van der Waals surface area contributed by atoms with Crippen molar-refractivity contribution in [1.29, 1.82) is 0 Å². The summed E-state index contributed by atoms with van der Waals surface area (Å²) in [6.07, 6.45) is 0.559. The number of ether oxygens (including phenoxy) is 3. The Morgan fingerprint density at radius 3 is 2.19 bits per heavy atom. The summed E-state index contributed by atoms with van der Waals surface area (Å²) in [6, 6.07) is 13.1. The van der Waals surface area contributed by atoms with Crippen molar-refractivity contribution in [2.75, 3.05) is 39.8 Å². The van der Waals surface area contributed by atoms with Crippen LogP contribution in [0.4, 0.5) is 5.69 Å². The summed E-state index contributed by atoms with van der Waals surface area (Å²) < 4.78 is 15.8. The molecular formula is C25H30N2O5. The van der Waals surface area contributed by atoms with Crippen molar-refractivity contribution in [3.05, 3.63) is 59.3 Å². The minimum Gasteiger partial charge on any atom is -0.493 e. The molecule has 2 amide bonds. The third-order valence-corrected chi connectivity index (χ3v) is 5.42. The molecule has 0 saturated heterocycles. The van der Waals surface area contributed by atoms with Crippen LogP contribution in [0, 0.1) is 0 Å². The van der Waals surface area contributed by atoms with Gasteiger partial charge in [-0.1, -0.05) is 32.0 Å². The number of carbonyl (C=O) groups is 2. The first kappa shape index (κ1) is 23.3. The second-order valence-corrected chi connectivity index (χ2v) is 7.83. The number of rotatable bonds is 10. The summed E-state index contributed by atoms with van der Waals surface area (Å²) in [4.78, 5) is 27.8. The zero-order chi connectivity index (χ0) is 23.3. The van der Waals surface area contributed by atoms with E-state index in [-0.39, 0.29) is 24.1 Å². The van der Waals surface area contributed by atoms with E-state index in [0.29, 0.717) is 41.6 Å². The average Bonchev–Trinajstić information content (AvgIpc) is 3.03. The number of anilines is 1. The van der Waals surface area contributed by atoms with Crippen LogP contribution in [-0.2, 0) is 14.3 Å². The lowest BCUT2D eigenvalue weighted by Gasteiger charge is -2.15. The Morgan fingerprint density at radius 1 is 0.906 bits per heavy atom. The number of carbonyl (C=O) groups excluding carboxylic acids is 2. The Hall–Kier alpha value is -3.32. The summed E-state index contributed by atoms with van der Waals surface area (Å²) in [7, 11) is 4.67. The monoisotopic (exact) mass is 438 g/mol. The maximum atomic E-state index is 13.3. The van der Waals surface area contributed by atoms with Gasteiger partial charge >= 0.3 is 0 Å². The number of benzene rings is 2. The van der Waals surface area contributed by atoms with Gasteiger partial charge in [-0.25, -0.2) is 0 Å². The lowest BCUT2D eigenvalue weighted by Crippen LogP contribution is -2.33. The third kappa shape index (κ3) is 4.78. The number of nitrogens with zero attached hydrogens (tertiary/aromatic N) is 1. The van der Waals surface area contributed by atoms with Crippen LogP contribution in [0.5, 0.6) is 11.5 Å². The van der Waals surface area contributed by atoms with Crippen LogP contribution in [0.25, 0.3) is 5.57 Å². The highest BCUT2D eigenvalue weighted by Crippen LogP contribution is 2.35. The lowest BCUT2D eigenvalue weighted by atomic mass is 10.0. The Morgan fingerprint density at radius 2 is 1.59 bits per heavy atom. The van der Waals surface area contributed by atoms with Crippen LogP contribution < -0.4 is 14.8 Å². The molecule has 0 spiro atoms. The fourth-order valence-electron chi connectivity index (χ4n) is 3.62. The molecule has 0 atom stereocenters. The van der Waals surface area contributed by atoms with Gasteiger partial charge in [0.2, 0.25) is 0 Å². The van der Waals surface area contributed by atoms with E-state index in [1.54, 1.807) is 32.4 Å². The van der Waals surface area contributed by atoms with Crippen LogP contribution >= 0.6 is 0 Å². The summed E-state index contributed by atoms with van der Waals surface area (Å²) in [5.41, 5.74) is 3.07. The second kappa shape index (κ2) is 10.3. The van der Waals surface area contributed by atoms with Gasteiger partial charge in [0.25, 0.3) is 11.8 Å². The van der Waals surface area contributed by atoms with Gasteiger partial charge in [0, 0.05) is 25.9 Å². The maximum Gasteiger partial charge on any atom is 0.278 e. The van der Waals surface area contributed by atoms with Crippen molar-refractivity contribution in [1.82, 2.24) is 4.90 Å². The van der Waals surface area contributed by atoms with Crippen molar-refractivity contribution < 1.29 is 23.8 Å². The molecule has 0 fully saturated rings. The van der Waals surface area contributed by atoms with Gasteiger partial charge in [-0.15, -0.1) is 0 Å². The van der Waals surface area contributed by atoms with E-state index in [1.807, 2.05) is 24.3 Å². The van der Waals surface area contributed by atoms with Gasteiger partial charge in [0.1, 0.15) is 5.70 Å². The number of methoxy groups -OCH3 is 3. The van der Waals surface area contributed by atoms with E-state index in [1.165, 1.54) is 17.6 Å². The van der Waals surface area contributed by atoms with Gasteiger partial charge in [-0.3, -0.25) is 14.5 Å². The van der Waals surface area contributed by atoms with Gasteiger partial charge in [-0.05, 0) is 47.7 Å². The molecule has 0 aromatic heterocycles. The molecule has 0 unspecified atom stereocenters. The SMILES string of the molecule is COCCCN1C(=O)C(Nc2ccc(C(C)C)cc2)=C(c2ccc(OC)c(OC)c2)C1=O. The van der Waals surface area contributed by atoms with E-state index >= 15 is 0 Å². The average molecular weight is 439 g/mol. The Kier molecular flexibility index (Phi) is 7.53. The highest BCUT2D eigenvalue weighted by atomic mass is 16.5. The molecule has 0 bridgehead atoms. The molecular weight excluding hydrogens is 408 g/mol. The molecule has 0 radical (unpaired) electrons. The molecule has 1 N–H and O–H groups in total. The summed E-state index contributed by atoms with van der Waals surface area (Å²) in [5.74, 6) is 0.723. The van der Waals surface area contributed by atoms with Gasteiger partial charge in [0.05, 0.1) is 19.8 Å². The van der Waals surface area contributed by atoms with Crippen molar-refractivity contribution in [3.8, 4) is 11.5 Å². The molecule has 32 heavy (non-hydrogen) atoms. The Balaban J connectivity index is 2.02. The van der Waals surface area contributed by atoms with Gasteiger partial charge < -0.3 is 19.5 Å². The molecule has 2 aromatic rings. The summed E-state index contributed by atoms with van der Waals surface area (Å²) >= 11 is 0. The minimum absolute atomic E-state index is 0.247. The molecule has 3 rings (SSSR count). The number of amides is 2. The normalized spacial score (nSPS) is 13.9. The zero-order valence-electron chi connectivity index (χ0n) is 19.2. The highest BCUT2D eigenvalue weighted by Gasteiger charge is 2.39. The summed E-state index contributed by atoms with van der Waals surface area (Å²) in [6.45, 7) is 4.98. The van der Waals surface area contributed by atoms with Crippen molar-refractivity contribution in [2.45, 2.75) is 26.2 Å². The Bertz CT molecular complexity index is 1010. The van der Waals surface area contributed by atoms with Crippen molar-refractivity contribution >= 4 is 23.1 Å². The molecule has 170 valence electrons. The van der Waals surface area contributed by atoms with Gasteiger partial charge in [0.15, 0.2) is 11.5 Å². The van der Waals surface area contributed by atoms with Crippen molar-refractivity contribution in [2.24, 2.45) is 0 Å². The molecule has 7 nitrogen and oxygen atoms in total. The number of imide groups is 1. The number of hydrogen-bond donors (Lipinski definition) is 1. The largest absolute Gasteiger partial charge is 0.493 e. The zero-order valence-corrected chi connectivity index (χ0v) is 19.2. The van der Waals surface area contributed by atoms with E-state index in [4.69, 9.17) is 14.2 Å². The first-order valence-corrected chi connectivity index (χ1v) is 10.6. The van der Waals surface area contributed by atoms with Crippen LogP contribution in [0.2, 0.25) is 0 Å². The molecule has 7 heteroatoms. The van der Waals surface area contributed by atoms with E-state index < -0.39 is 0 Å². The van der Waals surface area contributed by atoms with Crippen LogP contribution in [0.1, 0.15) is 37.3 Å². The smallest absolute Gasteiger partial charge is 0.278 e. The maximum absolute atomic E-state index is 13.3. The second-order valence-electron chi connectivity index (χ2n) is 7.83. The topological polar surface area (TPSA) is 77.1 Å². The minimum atomic E-state index is -0.358. The summed E-state index contributed by atoms with van der Waals surface area (Å²) in [5, 5.41) is 3.19. The fourth-order valence-corrected chi connectivity index (χ4v) is 3.62. The molecule has 1 aliphatic heterocycles. The van der Waals surface area contributed by atoms with Crippen molar-refractivity contribution in [3.63, 3.8) is 0 Å². The predicted molar refractivity (Wildman–Crippen MR) is 124 cm³/mol. The number of nitrogens with one attached hydrogen (secondary N) is 1. The third-order valence-electron chi connectivity index (χ3n) is 5.42. The Labute approximate surface area is 189 Å². The molecule has 1 aliphatic rings. The first-order valence-electron chi connectivity index (χ1n) is 10.6. The van der Waals surface area contributed by atoms with Crippen LogP contribution in [0.3, 0.4) is 0 Å². The lowest BCUT2D eigenvalue weighted by molar-refractivity contribution is -0.136. The standard InChI is InChI=1S/C25H30N2O5/c1-16(2)17-7-10-19(11-8-17)26-23-22(18-9-12-20(31-4)21(15-18)32-5)24(28)27(25(23)29)13-6-14-30-3/h7-12,15-16,26H,6,13-14H2,1-5H3. The quantitative estimate of drug-likeness (QED) is 0.445. The first-order chi connectivity index (χ1) is 15.4.